The lowest BCUT2D eigenvalue weighted by Crippen LogP contribution is -2.39. The van der Waals surface area contributed by atoms with Crippen LogP contribution in [0.3, 0.4) is 0 Å². The molecular formula is C12H18N4O3. The molecule has 1 atom stereocenters. The Morgan fingerprint density at radius 2 is 2.32 bits per heavy atom. The van der Waals surface area contributed by atoms with E-state index in [-0.39, 0.29) is 29.3 Å². The van der Waals surface area contributed by atoms with Crippen LogP contribution in [0.5, 0.6) is 0 Å². The Labute approximate surface area is 110 Å². The standard InChI is InChI=1S/C12H18N4O3/c1-3-8(5-11(13)16-19)15-12(18)9-6-14-7(2)4-10(9)17/h4,6,8,19H,3,5H2,1-2H3,(H2,13,16)(H,14,17)(H,15,18). The van der Waals surface area contributed by atoms with Crippen molar-refractivity contribution in [3.05, 3.63) is 33.7 Å². The van der Waals surface area contributed by atoms with Crippen LogP contribution >= 0.6 is 0 Å². The molecule has 0 aliphatic rings. The van der Waals surface area contributed by atoms with Crippen molar-refractivity contribution >= 4 is 11.7 Å². The van der Waals surface area contributed by atoms with Gasteiger partial charge in [-0.3, -0.25) is 9.59 Å². The molecule has 0 bridgehead atoms. The maximum Gasteiger partial charge on any atom is 0.256 e. The van der Waals surface area contributed by atoms with E-state index in [9.17, 15) is 9.59 Å². The molecule has 1 unspecified atom stereocenters. The summed E-state index contributed by atoms with van der Waals surface area (Å²) in [5, 5.41) is 14.0. The summed E-state index contributed by atoms with van der Waals surface area (Å²) in [5.41, 5.74) is 5.78. The van der Waals surface area contributed by atoms with Crippen molar-refractivity contribution in [2.24, 2.45) is 10.9 Å². The van der Waals surface area contributed by atoms with Crippen molar-refractivity contribution in [2.75, 3.05) is 0 Å². The van der Waals surface area contributed by atoms with Crippen LogP contribution in [-0.4, -0.2) is 28.0 Å². The zero-order valence-electron chi connectivity index (χ0n) is 10.9. The number of pyridine rings is 1. The van der Waals surface area contributed by atoms with Gasteiger partial charge in [0.15, 0.2) is 5.43 Å². The minimum Gasteiger partial charge on any atom is -0.409 e. The number of aryl methyl sites for hydroxylation is 1. The number of hydrogen-bond donors (Lipinski definition) is 4. The molecule has 0 aromatic carbocycles. The second-order valence-electron chi connectivity index (χ2n) is 4.27. The van der Waals surface area contributed by atoms with Crippen molar-refractivity contribution in [2.45, 2.75) is 32.7 Å². The quantitative estimate of drug-likeness (QED) is 0.265. The van der Waals surface area contributed by atoms with Crippen molar-refractivity contribution in [1.82, 2.24) is 10.3 Å². The third-order valence-electron chi connectivity index (χ3n) is 2.71. The predicted octanol–water partition coefficient (Wildman–Crippen LogP) is 0.328. The highest BCUT2D eigenvalue weighted by molar-refractivity contribution is 5.94. The SMILES string of the molecule is CCC(CC(N)=NO)NC(=O)c1c[nH]c(C)cc1=O. The van der Waals surface area contributed by atoms with Gasteiger partial charge in [-0.15, -0.1) is 0 Å². The Kier molecular flexibility index (Phi) is 5.11. The second-order valence-corrected chi connectivity index (χ2v) is 4.27. The first kappa shape index (κ1) is 14.7. The zero-order valence-corrected chi connectivity index (χ0v) is 10.9. The van der Waals surface area contributed by atoms with Gasteiger partial charge in [-0.05, 0) is 13.3 Å². The van der Waals surface area contributed by atoms with E-state index in [0.29, 0.717) is 12.1 Å². The van der Waals surface area contributed by atoms with Crippen LogP contribution in [0.2, 0.25) is 0 Å². The minimum atomic E-state index is -0.473. The molecule has 0 radical (unpaired) electrons. The van der Waals surface area contributed by atoms with Crippen molar-refractivity contribution in [1.29, 1.82) is 0 Å². The van der Waals surface area contributed by atoms with E-state index in [2.05, 4.69) is 15.5 Å². The van der Waals surface area contributed by atoms with Gasteiger partial charge in [0, 0.05) is 30.4 Å². The van der Waals surface area contributed by atoms with Gasteiger partial charge >= 0.3 is 0 Å². The number of amidine groups is 1. The molecule has 1 aromatic rings. The lowest BCUT2D eigenvalue weighted by Gasteiger charge is -2.15. The Bertz CT molecular complexity index is 536. The van der Waals surface area contributed by atoms with Crippen LogP contribution in [0.1, 0.15) is 35.8 Å². The summed E-state index contributed by atoms with van der Waals surface area (Å²) in [6, 6.07) is 1.07. The Morgan fingerprint density at radius 1 is 1.63 bits per heavy atom. The summed E-state index contributed by atoms with van der Waals surface area (Å²) < 4.78 is 0. The lowest BCUT2D eigenvalue weighted by molar-refractivity contribution is 0.0935. The maximum atomic E-state index is 11.9. The minimum absolute atomic E-state index is 0.0324. The van der Waals surface area contributed by atoms with Gasteiger partial charge in [0.1, 0.15) is 11.4 Å². The van der Waals surface area contributed by atoms with E-state index in [1.54, 1.807) is 6.92 Å². The Balaban J connectivity index is 2.80. The highest BCUT2D eigenvalue weighted by atomic mass is 16.4. The fraction of sp³-hybridized carbons (Fsp3) is 0.417. The molecule has 5 N–H and O–H groups in total. The monoisotopic (exact) mass is 266 g/mol. The van der Waals surface area contributed by atoms with E-state index >= 15 is 0 Å². The number of carbonyl (C=O) groups excluding carboxylic acids is 1. The number of nitrogens with two attached hydrogens (primary N) is 1. The fourth-order valence-electron chi connectivity index (χ4n) is 1.60. The van der Waals surface area contributed by atoms with Crippen LogP contribution in [0.4, 0.5) is 0 Å². The van der Waals surface area contributed by atoms with Crippen molar-refractivity contribution in [3.63, 3.8) is 0 Å². The number of nitrogens with one attached hydrogen (secondary N) is 2. The average Bonchev–Trinajstić information content (AvgIpc) is 2.37. The normalized spacial score (nSPS) is 13.1. The number of rotatable bonds is 5. The number of H-pyrrole nitrogens is 1. The molecule has 0 saturated heterocycles. The largest absolute Gasteiger partial charge is 0.409 e. The highest BCUT2D eigenvalue weighted by Gasteiger charge is 2.16. The Hall–Kier alpha value is -2.31. The summed E-state index contributed by atoms with van der Waals surface area (Å²) in [6.07, 6.45) is 2.21. The average molecular weight is 266 g/mol. The third-order valence-corrected chi connectivity index (χ3v) is 2.71. The molecule has 1 heterocycles. The molecule has 0 spiro atoms. The number of carbonyl (C=O) groups is 1. The summed E-state index contributed by atoms with van der Waals surface area (Å²) in [5.74, 6) is -0.441. The van der Waals surface area contributed by atoms with Gasteiger partial charge in [-0.1, -0.05) is 12.1 Å². The van der Waals surface area contributed by atoms with Crippen LogP contribution in [0.15, 0.2) is 22.2 Å². The topological polar surface area (TPSA) is 121 Å². The zero-order chi connectivity index (χ0) is 14.4. The molecular weight excluding hydrogens is 248 g/mol. The fourth-order valence-corrected chi connectivity index (χ4v) is 1.60. The van der Waals surface area contributed by atoms with Gasteiger partial charge in [0.25, 0.3) is 5.91 Å². The summed E-state index contributed by atoms with van der Waals surface area (Å²) in [7, 11) is 0. The maximum absolute atomic E-state index is 11.9. The highest BCUT2D eigenvalue weighted by Crippen LogP contribution is 2.00. The van der Waals surface area contributed by atoms with E-state index < -0.39 is 5.91 Å². The van der Waals surface area contributed by atoms with Gasteiger partial charge in [-0.25, -0.2) is 0 Å². The van der Waals surface area contributed by atoms with E-state index in [1.807, 2.05) is 6.92 Å². The predicted molar refractivity (Wildman–Crippen MR) is 71.4 cm³/mol. The number of hydrogen-bond acceptors (Lipinski definition) is 4. The number of amides is 1. The van der Waals surface area contributed by atoms with Gasteiger partial charge in [0.2, 0.25) is 0 Å². The second kappa shape index (κ2) is 6.58. The van der Waals surface area contributed by atoms with E-state index in [4.69, 9.17) is 10.9 Å². The van der Waals surface area contributed by atoms with Crippen LogP contribution < -0.4 is 16.5 Å². The molecule has 7 nitrogen and oxygen atoms in total. The van der Waals surface area contributed by atoms with Gasteiger partial charge in [0.05, 0.1) is 0 Å². The van der Waals surface area contributed by atoms with Crippen LogP contribution in [0.25, 0.3) is 0 Å². The van der Waals surface area contributed by atoms with Crippen molar-refractivity contribution in [3.8, 4) is 0 Å². The van der Waals surface area contributed by atoms with Crippen LogP contribution in [0, 0.1) is 6.92 Å². The van der Waals surface area contributed by atoms with Crippen molar-refractivity contribution < 1.29 is 10.0 Å². The molecule has 104 valence electrons. The molecule has 0 aliphatic carbocycles. The number of aromatic nitrogens is 1. The van der Waals surface area contributed by atoms with Gasteiger partial charge in [-0.2, -0.15) is 0 Å². The molecule has 1 aromatic heterocycles. The summed E-state index contributed by atoms with van der Waals surface area (Å²) in [4.78, 5) is 26.4. The molecule has 0 fully saturated rings. The first-order valence-corrected chi connectivity index (χ1v) is 5.94. The first-order valence-electron chi connectivity index (χ1n) is 5.94. The number of nitrogens with zero attached hydrogens (tertiary/aromatic N) is 1. The summed E-state index contributed by atoms with van der Waals surface area (Å²) in [6.45, 7) is 3.59. The van der Waals surface area contributed by atoms with E-state index in [0.717, 1.165) is 0 Å². The first-order chi connectivity index (χ1) is 8.97. The number of oxime groups is 1. The third kappa shape index (κ3) is 4.13. The Morgan fingerprint density at radius 3 is 2.84 bits per heavy atom. The molecule has 0 aliphatic heterocycles. The molecule has 1 amide bonds. The molecule has 7 heteroatoms. The summed E-state index contributed by atoms with van der Waals surface area (Å²) >= 11 is 0. The lowest BCUT2D eigenvalue weighted by atomic mass is 10.1. The van der Waals surface area contributed by atoms with Gasteiger partial charge < -0.3 is 21.2 Å². The van der Waals surface area contributed by atoms with E-state index in [1.165, 1.54) is 12.3 Å². The molecule has 1 rings (SSSR count). The number of aromatic amines is 1. The smallest absolute Gasteiger partial charge is 0.256 e. The molecule has 0 saturated carbocycles. The van der Waals surface area contributed by atoms with Crippen LogP contribution in [-0.2, 0) is 0 Å². The molecule has 19 heavy (non-hydrogen) atoms.